The quantitative estimate of drug-likeness (QED) is 0.511. The summed E-state index contributed by atoms with van der Waals surface area (Å²) in [7, 11) is -2.47. The fraction of sp³-hybridized carbons (Fsp3) is 0.333. The van der Waals surface area contributed by atoms with Gasteiger partial charge < -0.3 is 9.30 Å². The fourth-order valence-corrected chi connectivity index (χ4v) is 5.72. The maximum Gasteiger partial charge on any atom is 0.282 e. The number of carbonyl (C=O) groups is 1. The number of hydrogen-bond donors (Lipinski definition) is 1. The number of nitrogens with one attached hydrogen (secondary N) is 1. The number of nitrogens with zero attached hydrogens (tertiary/aromatic N) is 2. The summed E-state index contributed by atoms with van der Waals surface area (Å²) in [4.78, 5) is 17.8. The van der Waals surface area contributed by atoms with E-state index in [4.69, 9.17) is 4.74 Å². The highest BCUT2D eigenvalue weighted by molar-refractivity contribution is 7.89. The van der Waals surface area contributed by atoms with E-state index in [2.05, 4.69) is 22.7 Å². The van der Waals surface area contributed by atoms with Crippen LogP contribution in [0.15, 0.2) is 36.5 Å². The van der Waals surface area contributed by atoms with E-state index in [1.165, 1.54) is 7.11 Å². The standard InChI is InChI=1S/C27H27F2N3O4S/c1-15-11-20(15)16-6-9-23-21(13-16)24(19-5-4-10-30-27(19)36-2)25(26(33)31-37(3,34)35)32(23)14-17-12-18(28)7-8-22(17)29/h4-5,7-10,12-13,15-16,20H,6,11,14H2,1-3H3,(H,31,33)/t15-,16?,20+/m1/s1. The number of amides is 1. The highest BCUT2D eigenvalue weighted by Crippen LogP contribution is 2.46. The van der Waals surface area contributed by atoms with Gasteiger partial charge in [-0.2, -0.15) is 0 Å². The molecule has 0 saturated heterocycles. The summed E-state index contributed by atoms with van der Waals surface area (Å²) < 4.78 is 62.0. The zero-order valence-electron chi connectivity index (χ0n) is 20.7. The number of fused-ring (bicyclic) bond motifs is 1. The SMILES string of the molecule is COc1ncccc1-c1c(C(=O)NS(C)(=O)=O)n(Cc2cc(F)ccc2F)c2c1=CC([C@H]1C[C@H]1C)CC=2. The van der Waals surface area contributed by atoms with Crippen LogP contribution in [0.3, 0.4) is 0 Å². The molecular formula is C27H27F2N3O4S. The maximum absolute atomic E-state index is 14.7. The molecule has 3 atom stereocenters. The van der Waals surface area contributed by atoms with E-state index in [0.29, 0.717) is 34.7 Å². The lowest BCUT2D eigenvalue weighted by Gasteiger charge is -2.14. The number of methoxy groups -OCH3 is 1. The van der Waals surface area contributed by atoms with Crippen molar-refractivity contribution < 1.29 is 26.7 Å². The third-order valence-electron chi connectivity index (χ3n) is 7.09. The Hall–Kier alpha value is -3.53. The molecule has 1 amide bonds. The Morgan fingerprint density at radius 1 is 1.27 bits per heavy atom. The van der Waals surface area contributed by atoms with Gasteiger partial charge in [-0.25, -0.2) is 26.9 Å². The van der Waals surface area contributed by atoms with Gasteiger partial charge in [-0.1, -0.05) is 19.1 Å². The smallest absolute Gasteiger partial charge is 0.282 e. The van der Waals surface area contributed by atoms with Gasteiger partial charge in [-0.3, -0.25) is 4.79 Å². The van der Waals surface area contributed by atoms with Gasteiger partial charge in [-0.15, -0.1) is 0 Å². The van der Waals surface area contributed by atoms with Crippen LogP contribution < -0.4 is 20.0 Å². The molecule has 2 aromatic heterocycles. The average Bonchev–Trinajstić information content (AvgIpc) is 3.49. The molecule has 2 aliphatic rings. The monoisotopic (exact) mass is 527 g/mol. The van der Waals surface area contributed by atoms with E-state index in [-0.39, 0.29) is 29.6 Å². The minimum Gasteiger partial charge on any atom is -0.481 e. The molecule has 37 heavy (non-hydrogen) atoms. The number of carbonyl (C=O) groups excluding carboxylic acids is 1. The largest absolute Gasteiger partial charge is 0.481 e. The first kappa shape index (κ1) is 25.1. The van der Waals surface area contributed by atoms with Gasteiger partial charge in [-0.05, 0) is 60.9 Å². The molecule has 0 spiro atoms. The molecule has 1 aromatic carbocycles. The van der Waals surface area contributed by atoms with Gasteiger partial charge in [0.25, 0.3) is 5.91 Å². The lowest BCUT2D eigenvalue weighted by Crippen LogP contribution is -2.36. The van der Waals surface area contributed by atoms with E-state index in [1.807, 2.05) is 6.08 Å². The van der Waals surface area contributed by atoms with Crippen molar-refractivity contribution in [1.82, 2.24) is 14.3 Å². The van der Waals surface area contributed by atoms with Crippen molar-refractivity contribution in [3.8, 4) is 17.0 Å². The van der Waals surface area contributed by atoms with Gasteiger partial charge in [0.2, 0.25) is 15.9 Å². The molecule has 3 aromatic rings. The molecule has 1 saturated carbocycles. The highest BCUT2D eigenvalue weighted by atomic mass is 32.2. The summed E-state index contributed by atoms with van der Waals surface area (Å²) in [5.41, 5.74) is 0.962. The Morgan fingerprint density at radius 3 is 2.70 bits per heavy atom. The molecule has 10 heteroatoms. The molecule has 1 fully saturated rings. The second kappa shape index (κ2) is 9.41. The number of pyridine rings is 1. The molecule has 0 radical (unpaired) electrons. The van der Waals surface area contributed by atoms with Crippen LogP contribution in [0.5, 0.6) is 5.88 Å². The van der Waals surface area contributed by atoms with Crippen LogP contribution in [-0.2, 0) is 16.6 Å². The summed E-state index contributed by atoms with van der Waals surface area (Å²) in [6, 6.07) is 6.56. The number of rotatable bonds is 7. The van der Waals surface area contributed by atoms with Crippen molar-refractivity contribution >= 4 is 28.1 Å². The van der Waals surface area contributed by atoms with E-state index < -0.39 is 27.6 Å². The number of aromatic nitrogens is 2. The second-order valence-electron chi connectivity index (χ2n) is 9.76. The second-order valence-corrected chi connectivity index (χ2v) is 11.5. The lowest BCUT2D eigenvalue weighted by molar-refractivity contribution is 0.0973. The Balaban J connectivity index is 1.83. The minimum absolute atomic E-state index is 0.00221. The third kappa shape index (κ3) is 4.90. The topological polar surface area (TPSA) is 90.3 Å². The highest BCUT2D eigenvalue weighted by Gasteiger charge is 2.39. The Kier molecular flexibility index (Phi) is 6.39. The van der Waals surface area contributed by atoms with Crippen LogP contribution in [0.2, 0.25) is 0 Å². The van der Waals surface area contributed by atoms with Gasteiger partial charge in [0.15, 0.2) is 0 Å². The van der Waals surface area contributed by atoms with Crippen LogP contribution in [0.25, 0.3) is 23.3 Å². The predicted octanol–water partition coefficient (Wildman–Crippen LogP) is 2.81. The minimum atomic E-state index is -3.93. The molecule has 1 N–H and O–H groups in total. The van der Waals surface area contributed by atoms with Crippen molar-refractivity contribution in [2.45, 2.75) is 26.3 Å². The summed E-state index contributed by atoms with van der Waals surface area (Å²) in [5.74, 6) is -0.558. The van der Waals surface area contributed by atoms with Crippen molar-refractivity contribution in [1.29, 1.82) is 0 Å². The van der Waals surface area contributed by atoms with Crippen LogP contribution in [0.4, 0.5) is 8.78 Å². The van der Waals surface area contributed by atoms with E-state index in [0.717, 1.165) is 36.1 Å². The Bertz CT molecular complexity index is 1630. The van der Waals surface area contributed by atoms with Gasteiger partial charge in [0.1, 0.15) is 17.3 Å². The van der Waals surface area contributed by atoms with Crippen molar-refractivity contribution in [3.05, 3.63) is 70.0 Å². The van der Waals surface area contributed by atoms with E-state index >= 15 is 0 Å². The molecule has 1 unspecified atom stereocenters. The zero-order chi connectivity index (χ0) is 26.5. The molecule has 194 valence electrons. The predicted molar refractivity (Wildman–Crippen MR) is 136 cm³/mol. The van der Waals surface area contributed by atoms with E-state index in [9.17, 15) is 22.0 Å². The van der Waals surface area contributed by atoms with Crippen LogP contribution in [0, 0.1) is 29.4 Å². The molecule has 0 bridgehead atoms. The fourth-order valence-electron chi connectivity index (χ4n) is 5.29. The number of ether oxygens (including phenoxy) is 1. The van der Waals surface area contributed by atoms with Crippen LogP contribution in [0.1, 0.15) is 35.8 Å². The number of benzene rings is 1. The number of hydrogen-bond acceptors (Lipinski definition) is 5. The summed E-state index contributed by atoms with van der Waals surface area (Å²) in [6.45, 7) is 2.01. The zero-order valence-corrected chi connectivity index (χ0v) is 21.5. The van der Waals surface area contributed by atoms with Gasteiger partial charge in [0.05, 0.1) is 19.9 Å². The molecular weight excluding hydrogens is 500 g/mol. The van der Waals surface area contributed by atoms with Gasteiger partial charge >= 0.3 is 0 Å². The Morgan fingerprint density at radius 2 is 2.03 bits per heavy atom. The Labute approximate surface area is 213 Å². The summed E-state index contributed by atoms with van der Waals surface area (Å²) in [6.07, 6.45) is 8.36. The normalized spacial score (nSPS) is 20.4. The number of halogens is 2. The molecule has 7 nitrogen and oxygen atoms in total. The van der Waals surface area contributed by atoms with Gasteiger partial charge in [0, 0.05) is 33.5 Å². The average molecular weight is 528 g/mol. The maximum atomic E-state index is 14.7. The first-order chi connectivity index (χ1) is 17.6. The number of sulfonamides is 1. The van der Waals surface area contributed by atoms with Crippen molar-refractivity contribution in [2.24, 2.45) is 17.8 Å². The molecule has 2 heterocycles. The first-order valence-electron chi connectivity index (χ1n) is 12.0. The summed E-state index contributed by atoms with van der Waals surface area (Å²) in [5, 5.41) is 1.35. The molecule has 2 aliphatic carbocycles. The van der Waals surface area contributed by atoms with Crippen molar-refractivity contribution in [3.63, 3.8) is 0 Å². The van der Waals surface area contributed by atoms with E-state index in [1.54, 1.807) is 22.9 Å². The molecule has 0 aliphatic heterocycles. The molecule has 5 rings (SSSR count). The summed E-state index contributed by atoms with van der Waals surface area (Å²) >= 11 is 0. The lowest BCUT2D eigenvalue weighted by atomic mass is 9.92. The third-order valence-corrected chi connectivity index (χ3v) is 7.65. The van der Waals surface area contributed by atoms with Crippen LogP contribution in [-0.4, -0.2) is 37.2 Å². The van der Waals surface area contributed by atoms with Crippen molar-refractivity contribution in [2.75, 3.05) is 13.4 Å². The first-order valence-corrected chi connectivity index (χ1v) is 13.9. The van der Waals surface area contributed by atoms with Crippen LogP contribution >= 0.6 is 0 Å².